The van der Waals surface area contributed by atoms with Crippen molar-refractivity contribution in [3.05, 3.63) is 17.7 Å². The highest BCUT2D eigenvalue weighted by atomic mass is 16.5. The van der Waals surface area contributed by atoms with E-state index < -0.39 is 17.5 Å². The van der Waals surface area contributed by atoms with Crippen LogP contribution in [-0.2, 0) is 11.2 Å². The Morgan fingerprint density at radius 3 is 2.76 bits per heavy atom. The minimum absolute atomic E-state index is 0.0119. The van der Waals surface area contributed by atoms with Crippen molar-refractivity contribution in [1.82, 2.24) is 5.32 Å². The van der Waals surface area contributed by atoms with Crippen molar-refractivity contribution in [1.29, 1.82) is 0 Å². The number of carbonyl (C=O) groups is 2. The molecular formula is C18H26N2O5. The van der Waals surface area contributed by atoms with Crippen LogP contribution in [0.2, 0.25) is 0 Å². The summed E-state index contributed by atoms with van der Waals surface area (Å²) in [6, 6.07) is 3.25. The topological polar surface area (TPSA) is 96.9 Å². The standard InChI is InChI=1S/C18H26N2O5/c1-5-24-15-9-12-8-11(2)25-14(12)10-13(15)19-17(23)20-18(3,4)7-6-16(21)22/h9-11H,5-8H2,1-4H3,(H,21,22)(H2,19,20,23). The van der Waals surface area contributed by atoms with Gasteiger partial charge in [0.1, 0.15) is 17.6 Å². The molecule has 7 heteroatoms. The molecule has 25 heavy (non-hydrogen) atoms. The Labute approximate surface area is 147 Å². The molecule has 1 aromatic carbocycles. The Morgan fingerprint density at radius 1 is 1.40 bits per heavy atom. The number of benzene rings is 1. The molecule has 1 aliphatic rings. The first-order valence-electron chi connectivity index (χ1n) is 8.47. The van der Waals surface area contributed by atoms with Gasteiger partial charge in [-0.25, -0.2) is 4.79 Å². The number of amides is 2. The predicted octanol–water partition coefficient (Wildman–Crippen LogP) is 3.17. The molecular weight excluding hydrogens is 324 g/mol. The number of aliphatic carboxylic acids is 1. The molecule has 1 aliphatic heterocycles. The van der Waals surface area contributed by atoms with Crippen LogP contribution < -0.4 is 20.1 Å². The zero-order chi connectivity index (χ0) is 18.6. The van der Waals surface area contributed by atoms with Crippen molar-refractivity contribution >= 4 is 17.7 Å². The number of rotatable bonds is 7. The molecule has 0 fully saturated rings. The molecule has 7 nitrogen and oxygen atoms in total. The number of carbonyl (C=O) groups excluding carboxylic acids is 1. The van der Waals surface area contributed by atoms with E-state index in [9.17, 15) is 9.59 Å². The summed E-state index contributed by atoms with van der Waals surface area (Å²) >= 11 is 0. The second kappa shape index (κ2) is 7.63. The van der Waals surface area contributed by atoms with Crippen LogP contribution in [0.3, 0.4) is 0 Å². The third kappa shape index (κ3) is 5.27. The highest BCUT2D eigenvalue weighted by molar-refractivity contribution is 5.92. The smallest absolute Gasteiger partial charge is 0.319 e. The van der Waals surface area contributed by atoms with E-state index in [-0.39, 0.29) is 12.5 Å². The van der Waals surface area contributed by atoms with E-state index in [1.807, 2.05) is 19.9 Å². The molecule has 0 radical (unpaired) electrons. The Hall–Kier alpha value is -2.44. The van der Waals surface area contributed by atoms with Gasteiger partial charge in [0.15, 0.2) is 0 Å². The maximum Gasteiger partial charge on any atom is 0.319 e. The number of anilines is 1. The van der Waals surface area contributed by atoms with Gasteiger partial charge < -0.3 is 25.2 Å². The van der Waals surface area contributed by atoms with E-state index in [0.717, 1.165) is 17.7 Å². The maximum absolute atomic E-state index is 12.3. The van der Waals surface area contributed by atoms with Gasteiger partial charge in [-0.15, -0.1) is 0 Å². The number of hydrogen-bond donors (Lipinski definition) is 3. The van der Waals surface area contributed by atoms with Crippen LogP contribution in [0.4, 0.5) is 10.5 Å². The number of nitrogens with one attached hydrogen (secondary N) is 2. The minimum atomic E-state index is -0.890. The Bertz CT molecular complexity index is 657. The number of hydrogen-bond acceptors (Lipinski definition) is 4. The van der Waals surface area contributed by atoms with Crippen LogP contribution in [0.5, 0.6) is 11.5 Å². The third-order valence-electron chi connectivity index (χ3n) is 3.96. The van der Waals surface area contributed by atoms with E-state index in [4.69, 9.17) is 14.6 Å². The van der Waals surface area contributed by atoms with Crippen LogP contribution in [0.1, 0.15) is 46.1 Å². The summed E-state index contributed by atoms with van der Waals surface area (Å²) in [4.78, 5) is 23.0. The molecule has 0 bridgehead atoms. The average Bonchev–Trinajstić information content (AvgIpc) is 2.84. The monoisotopic (exact) mass is 350 g/mol. The zero-order valence-electron chi connectivity index (χ0n) is 15.1. The molecule has 0 saturated heterocycles. The van der Waals surface area contributed by atoms with Crippen molar-refractivity contribution in [3.8, 4) is 11.5 Å². The fourth-order valence-corrected chi connectivity index (χ4v) is 2.75. The van der Waals surface area contributed by atoms with Crippen molar-refractivity contribution in [3.63, 3.8) is 0 Å². The van der Waals surface area contributed by atoms with Gasteiger partial charge in [0.25, 0.3) is 0 Å². The van der Waals surface area contributed by atoms with Crippen molar-refractivity contribution < 1.29 is 24.2 Å². The van der Waals surface area contributed by atoms with Gasteiger partial charge in [-0.3, -0.25) is 4.79 Å². The third-order valence-corrected chi connectivity index (χ3v) is 3.96. The SMILES string of the molecule is CCOc1cc2c(cc1NC(=O)NC(C)(C)CCC(=O)O)OC(C)C2. The number of carboxylic acids is 1. The van der Waals surface area contributed by atoms with Crippen LogP contribution in [-0.4, -0.2) is 35.4 Å². The predicted molar refractivity (Wildman–Crippen MR) is 94.5 cm³/mol. The molecule has 138 valence electrons. The highest BCUT2D eigenvalue weighted by Gasteiger charge is 2.25. The normalized spacial score (nSPS) is 15.9. The first kappa shape index (κ1) is 18.9. The fourth-order valence-electron chi connectivity index (χ4n) is 2.75. The van der Waals surface area contributed by atoms with Gasteiger partial charge in [-0.1, -0.05) is 0 Å². The van der Waals surface area contributed by atoms with E-state index in [1.165, 1.54) is 0 Å². The lowest BCUT2D eigenvalue weighted by molar-refractivity contribution is -0.137. The van der Waals surface area contributed by atoms with Crippen LogP contribution in [0.15, 0.2) is 12.1 Å². The molecule has 1 aromatic rings. The lowest BCUT2D eigenvalue weighted by Gasteiger charge is -2.26. The van der Waals surface area contributed by atoms with Gasteiger partial charge in [0.2, 0.25) is 0 Å². The Balaban J connectivity index is 2.09. The molecule has 2 rings (SSSR count). The number of urea groups is 1. The van der Waals surface area contributed by atoms with Crippen LogP contribution >= 0.6 is 0 Å². The molecule has 1 heterocycles. The first-order valence-corrected chi connectivity index (χ1v) is 8.47. The van der Waals surface area contributed by atoms with Crippen LogP contribution in [0.25, 0.3) is 0 Å². The van der Waals surface area contributed by atoms with Gasteiger partial charge in [0.05, 0.1) is 12.3 Å². The van der Waals surface area contributed by atoms with Gasteiger partial charge in [0, 0.05) is 30.0 Å². The van der Waals surface area contributed by atoms with Crippen molar-refractivity contribution in [2.24, 2.45) is 0 Å². The Kier molecular flexibility index (Phi) is 5.77. The van der Waals surface area contributed by atoms with Gasteiger partial charge >= 0.3 is 12.0 Å². The van der Waals surface area contributed by atoms with Gasteiger partial charge in [-0.05, 0) is 40.2 Å². The molecule has 1 atom stereocenters. The Morgan fingerprint density at radius 2 is 2.12 bits per heavy atom. The maximum atomic E-state index is 12.3. The summed E-state index contributed by atoms with van der Waals surface area (Å²) in [6.45, 7) is 7.92. The largest absolute Gasteiger partial charge is 0.492 e. The summed E-state index contributed by atoms with van der Waals surface area (Å²) in [6.07, 6.45) is 1.23. The summed E-state index contributed by atoms with van der Waals surface area (Å²) in [5.41, 5.74) is 0.945. The summed E-state index contributed by atoms with van der Waals surface area (Å²) in [5.74, 6) is 0.452. The lowest BCUT2D eigenvalue weighted by Crippen LogP contribution is -2.45. The van der Waals surface area contributed by atoms with Crippen molar-refractivity contribution in [2.45, 2.75) is 58.6 Å². The quantitative estimate of drug-likeness (QED) is 0.702. The summed E-state index contributed by atoms with van der Waals surface area (Å²) in [7, 11) is 0. The summed E-state index contributed by atoms with van der Waals surface area (Å²) < 4.78 is 11.4. The minimum Gasteiger partial charge on any atom is -0.492 e. The van der Waals surface area contributed by atoms with E-state index in [2.05, 4.69) is 10.6 Å². The van der Waals surface area contributed by atoms with E-state index >= 15 is 0 Å². The number of fused-ring (bicyclic) bond motifs is 1. The average molecular weight is 350 g/mol. The van der Waals surface area contributed by atoms with Crippen molar-refractivity contribution in [2.75, 3.05) is 11.9 Å². The molecule has 0 aromatic heterocycles. The number of carboxylic acid groups (broad SMARTS) is 1. The molecule has 0 aliphatic carbocycles. The first-order chi connectivity index (χ1) is 11.7. The van der Waals surface area contributed by atoms with Crippen LogP contribution in [0, 0.1) is 0 Å². The summed E-state index contributed by atoms with van der Waals surface area (Å²) in [5, 5.41) is 14.4. The van der Waals surface area contributed by atoms with E-state index in [1.54, 1.807) is 19.9 Å². The lowest BCUT2D eigenvalue weighted by atomic mass is 9.99. The number of ether oxygens (including phenoxy) is 2. The van der Waals surface area contributed by atoms with E-state index in [0.29, 0.717) is 24.5 Å². The zero-order valence-corrected chi connectivity index (χ0v) is 15.1. The molecule has 2 amide bonds. The molecule has 3 N–H and O–H groups in total. The highest BCUT2D eigenvalue weighted by Crippen LogP contribution is 2.38. The fraction of sp³-hybridized carbons (Fsp3) is 0.556. The second-order valence-corrected chi connectivity index (χ2v) is 6.88. The molecule has 0 saturated carbocycles. The van der Waals surface area contributed by atoms with Gasteiger partial charge in [-0.2, -0.15) is 0 Å². The molecule has 0 spiro atoms. The second-order valence-electron chi connectivity index (χ2n) is 6.88. The molecule has 1 unspecified atom stereocenters.